The summed E-state index contributed by atoms with van der Waals surface area (Å²) >= 11 is 0. The minimum atomic E-state index is -1.75. The van der Waals surface area contributed by atoms with Crippen LogP contribution >= 0.6 is 0 Å². The molecule has 9 rings (SSSR count). The third kappa shape index (κ3) is 7.97. The Morgan fingerprint density at radius 1 is 0.794 bits per heavy atom. The second-order valence-electron chi connectivity index (χ2n) is 21.2. The first-order chi connectivity index (χ1) is 29.9. The molecule has 63 heavy (non-hydrogen) atoms. The maximum absolute atomic E-state index is 11.8. The monoisotopic (exact) mass is 896 g/mol. The van der Waals surface area contributed by atoms with Gasteiger partial charge in [0.2, 0.25) is 0 Å². The van der Waals surface area contributed by atoms with Gasteiger partial charge in [0.1, 0.15) is 54.9 Å². The van der Waals surface area contributed by atoms with Crippen LogP contribution in [0, 0.1) is 46.3 Å². The van der Waals surface area contributed by atoms with Crippen molar-refractivity contribution in [3.8, 4) is 0 Å². The van der Waals surface area contributed by atoms with E-state index in [4.69, 9.17) is 42.6 Å². The van der Waals surface area contributed by atoms with Crippen LogP contribution in [-0.4, -0.2) is 166 Å². The summed E-state index contributed by atoms with van der Waals surface area (Å²) in [6, 6.07) is 0. The Morgan fingerprint density at radius 3 is 2.25 bits per heavy atom. The van der Waals surface area contributed by atoms with Crippen molar-refractivity contribution in [3.63, 3.8) is 0 Å². The molecule has 0 aromatic heterocycles. The number of hydrogen-bond donors (Lipinski definition) is 7. The second kappa shape index (κ2) is 17.6. The Bertz CT molecular complexity index is 1670. The molecule has 25 unspecified atom stereocenters. The van der Waals surface area contributed by atoms with E-state index >= 15 is 0 Å². The molecular weight excluding hydrogens is 824 g/mol. The smallest absolute Gasteiger partial charge is 0.303 e. The zero-order valence-corrected chi connectivity index (χ0v) is 37.5. The molecule has 3 saturated carbocycles. The van der Waals surface area contributed by atoms with E-state index in [1.165, 1.54) is 19.4 Å². The lowest BCUT2D eigenvalue weighted by molar-refractivity contribution is -0.390. The van der Waals surface area contributed by atoms with Crippen molar-refractivity contribution in [2.45, 2.75) is 203 Å². The fourth-order valence-corrected chi connectivity index (χ4v) is 14.1. The van der Waals surface area contributed by atoms with E-state index in [2.05, 4.69) is 33.8 Å². The first kappa shape index (κ1) is 46.7. The number of aliphatic hydroxyl groups is 7. The van der Waals surface area contributed by atoms with Crippen molar-refractivity contribution < 1.29 is 83.2 Å². The molecule has 7 N–H and O–H groups in total. The Balaban J connectivity index is 0.935. The fourth-order valence-electron chi connectivity index (χ4n) is 14.1. The molecule has 5 aliphatic heterocycles. The zero-order valence-electron chi connectivity index (χ0n) is 37.5. The highest BCUT2D eigenvalue weighted by Gasteiger charge is 2.69. The quantitative estimate of drug-likeness (QED) is 0.135. The standard InChI is InChI=1S/C46H72O17/c1-20-9-14-46(56-18-20)21(2)32-30(63-46)16-28-26-8-7-24-15-25(10-12-44(24,5)27(26)11-13-45(28,32)6)59-43-40(62-42-37(54)35(52)38(22(3)57-42)58-23(4)48)39(34(51)31(17-47)60-43)61-41-36(53)33(50)29(49)19-55-41/h7,20-22,25-43,47,49-54H,8-19H2,1-6H3. The highest BCUT2D eigenvalue weighted by Crippen LogP contribution is 2.70. The van der Waals surface area contributed by atoms with Crippen molar-refractivity contribution in [1.29, 1.82) is 0 Å². The zero-order chi connectivity index (χ0) is 44.9. The molecule has 25 atom stereocenters. The van der Waals surface area contributed by atoms with E-state index in [1.54, 1.807) is 0 Å². The lowest BCUT2D eigenvalue weighted by atomic mass is 9.47. The summed E-state index contributed by atoms with van der Waals surface area (Å²) in [5.74, 6) is 1.87. The van der Waals surface area contributed by atoms with Gasteiger partial charge in [0.25, 0.3) is 0 Å². The number of rotatable bonds is 8. The van der Waals surface area contributed by atoms with Crippen LogP contribution in [0.25, 0.3) is 0 Å². The summed E-state index contributed by atoms with van der Waals surface area (Å²) in [5, 5.41) is 75.7. The van der Waals surface area contributed by atoms with Gasteiger partial charge in [0.15, 0.2) is 30.8 Å². The predicted octanol–water partition coefficient (Wildman–Crippen LogP) is 1.42. The van der Waals surface area contributed by atoms with Crippen molar-refractivity contribution in [3.05, 3.63) is 11.6 Å². The van der Waals surface area contributed by atoms with Gasteiger partial charge in [0, 0.05) is 19.3 Å². The van der Waals surface area contributed by atoms with Crippen LogP contribution in [0.5, 0.6) is 0 Å². The van der Waals surface area contributed by atoms with Gasteiger partial charge in [-0.3, -0.25) is 4.79 Å². The lowest BCUT2D eigenvalue weighted by Gasteiger charge is -2.59. The van der Waals surface area contributed by atoms with Gasteiger partial charge in [-0.2, -0.15) is 0 Å². The van der Waals surface area contributed by atoms with Gasteiger partial charge in [0.05, 0.1) is 38.1 Å². The highest BCUT2D eigenvalue weighted by molar-refractivity contribution is 5.66. The Labute approximate surface area is 369 Å². The van der Waals surface area contributed by atoms with Crippen molar-refractivity contribution in [2.24, 2.45) is 46.3 Å². The molecule has 0 aromatic rings. The number of aliphatic hydroxyl groups excluding tert-OH is 7. The van der Waals surface area contributed by atoms with Crippen molar-refractivity contribution >= 4 is 5.97 Å². The average Bonchev–Trinajstić information content (AvgIpc) is 3.70. The summed E-state index contributed by atoms with van der Waals surface area (Å²) in [6.45, 7) is 12.0. The third-order valence-electron chi connectivity index (χ3n) is 17.6. The van der Waals surface area contributed by atoms with E-state index in [-0.39, 0.29) is 29.6 Å². The second-order valence-corrected chi connectivity index (χ2v) is 21.2. The number of fused-ring (bicyclic) bond motifs is 7. The molecule has 4 aliphatic carbocycles. The van der Waals surface area contributed by atoms with Gasteiger partial charge in [-0.15, -0.1) is 0 Å². The van der Waals surface area contributed by atoms with E-state index in [0.717, 1.165) is 51.6 Å². The lowest BCUT2D eigenvalue weighted by Crippen LogP contribution is -2.66. The molecule has 17 nitrogen and oxygen atoms in total. The molecule has 17 heteroatoms. The molecule has 0 amide bonds. The molecule has 9 aliphatic rings. The largest absolute Gasteiger partial charge is 0.457 e. The molecule has 5 heterocycles. The minimum Gasteiger partial charge on any atom is -0.457 e. The Kier molecular flexibility index (Phi) is 13.1. The molecule has 8 fully saturated rings. The normalized spacial score (nSPS) is 55.6. The van der Waals surface area contributed by atoms with Crippen LogP contribution < -0.4 is 0 Å². The Hall–Kier alpha value is -1.39. The third-order valence-corrected chi connectivity index (χ3v) is 17.6. The van der Waals surface area contributed by atoms with Gasteiger partial charge in [-0.05, 0) is 98.7 Å². The number of carbonyl (C=O) groups is 1. The first-order valence-corrected chi connectivity index (χ1v) is 23.7. The molecule has 5 saturated heterocycles. The van der Waals surface area contributed by atoms with Crippen LogP contribution in [0.15, 0.2) is 11.6 Å². The maximum Gasteiger partial charge on any atom is 0.303 e. The van der Waals surface area contributed by atoms with Crippen molar-refractivity contribution in [1.82, 2.24) is 0 Å². The van der Waals surface area contributed by atoms with Crippen LogP contribution in [-0.2, 0) is 47.4 Å². The molecular formula is C46H72O17. The number of allylic oxidation sites excluding steroid dienone is 1. The van der Waals surface area contributed by atoms with Gasteiger partial charge in [-0.25, -0.2) is 0 Å². The topological polar surface area (TPSA) is 242 Å². The van der Waals surface area contributed by atoms with Crippen LogP contribution in [0.4, 0.5) is 0 Å². The minimum absolute atomic E-state index is 0.0401. The molecule has 0 bridgehead atoms. The Morgan fingerprint density at radius 2 is 1.54 bits per heavy atom. The molecule has 0 radical (unpaired) electrons. The van der Waals surface area contributed by atoms with Gasteiger partial charge < -0.3 is 78.4 Å². The average molecular weight is 897 g/mol. The number of ether oxygens (including phenoxy) is 9. The number of hydrogen-bond acceptors (Lipinski definition) is 17. The number of esters is 1. The molecule has 1 spiro atoms. The molecule has 358 valence electrons. The van der Waals surface area contributed by atoms with Gasteiger partial charge >= 0.3 is 5.97 Å². The van der Waals surface area contributed by atoms with Crippen LogP contribution in [0.1, 0.15) is 99.3 Å². The van der Waals surface area contributed by atoms with Crippen molar-refractivity contribution in [2.75, 3.05) is 19.8 Å². The SMILES string of the molecule is CC(=O)OC1C(C)OC(OC2C(OC3CCC4(C)C(=CCC5C4CCC4(C)C5CC5OC6(CCC(C)CO6)C(C)C54)C3)OC(CO)C(O)C2OC2OCC(O)C(O)C2O)C(O)C1O. The van der Waals surface area contributed by atoms with Crippen LogP contribution in [0.3, 0.4) is 0 Å². The predicted molar refractivity (Wildman–Crippen MR) is 218 cm³/mol. The van der Waals surface area contributed by atoms with E-state index in [1.807, 2.05) is 0 Å². The van der Waals surface area contributed by atoms with Gasteiger partial charge in [-0.1, -0.05) is 39.3 Å². The maximum atomic E-state index is 11.8. The van der Waals surface area contributed by atoms with E-state index in [0.29, 0.717) is 48.3 Å². The molecule has 0 aromatic carbocycles. The number of carbonyl (C=O) groups excluding carboxylic acids is 1. The first-order valence-electron chi connectivity index (χ1n) is 23.7. The van der Waals surface area contributed by atoms with Crippen LogP contribution in [0.2, 0.25) is 0 Å². The van der Waals surface area contributed by atoms with E-state index < -0.39 is 104 Å². The fraction of sp³-hybridized carbons (Fsp3) is 0.935. The summed E-state index contributed by atoms with van der Waals surface area (Å²) in [7, 11) is 0. The van der Waals surface area contributed by atoms with E-state index in [9.17, 15) is 40.5 Å². The summed E-state index contributed by atoms with van der Waals surface area (Å²) in [4.78, 5) is 11.8. The summed E-state index contributed by atoms with van der Waals surface area (Å²) in [5.41, 5.74) is 1.48. The summed E-state index contributed by atoms with van der Waals surface area (Å²) < 4.78 is 55.7. The summed E-state index contributed by atoms with van der Waals surface area (Å²) in [6.07, 6.45) is -9.71. The highest BCUT2D eigenvalue weighted by atomic mass is 16.8.